The van der Waals surface area contributed by atoms with Crippen LogP contribution < -0.4 is 5.32 Å². The van der Waals surface area contributed by atoms with Crippen LogP contribution in [0, 0.1) is 0 Å². The maximum atomic E-state index is 5.32. The fraction of sp³-hybridized carbons (Fsp3) is 0.500. The van der Waals surface area contributed by atoms with Crippen molar-refractivity contribution in [3.05, 3.63) is 24.5 Å². The Kier molecular flexibility index (Phi) is 3.27. The van der Waals surface area contributed by atoms with E-state index in [9.17, 15) is 0 Å². The summed E-state index contributed by atoms with van der Waals surface area (Å²) < 4.78 is 5.32. The summed E-state index contributed by atoms with van der Waals surface area (Å²) in [5.41, 5.74) is 0.640. The first-order valence-electron chi connectivity index (χ1n) is 6.27. The first-order chi connectivity index (χ1) is 8.93. The standard InChI is InChI=1S/C12H15N5O/c1-2-4-9(14-5-3-1)12-16-11(17-18-12)10-8-13-6-7-15-10/h6-9,14H,1-5H2. The van der Waals surface area contributed by atoms with E-state index in [2.05, 4.69) is 25.4 Å². The minimum Gasteiger partial charge on any atom is -0.337 e. The van der Waals surface area contributed by atoms with E-state index in [1.807, 2.05) is 0 Å². The monoisotopic (exact) mass is 245 g/mol. The highest BCUT2D eigenvalue weighted by atomic mass is 16.5. The number of aromatic nitrogens is 4. The quantitative estimate of drug-likeness (QED) is 0.868. The van der Waals surface area contributed by atoms with Gasteiger partial charge in [0.1, 0.15) is 5.69 Å². The Morgan fingerprint density at radius 2 is 2.22 bits per heavy atom. The molecule has 3 rings (SSSR count). The van der Waals surface area contributed by atoms with Gasteiger partial charge in [0.25, 0.3) is 0 Å². The Labute approximate surface area is 105 Å². The van der Waals surface area contributed by atoms with Crippen LogP contribution in [0.25, 0.3) is 11.5 Å². The first kappa shape index (κ1) is 11.3. The van der Waals surface area contributed by atoms with Gasteiger partial charge in [-0.1, -0.05) is 18.0 Å². The summed E-state index contributed by atoms with van der Waals surface area (Å²) in [6.07, 6.45) is 9.58. The smallest absolute Gasteiger partial charge is 0.244 e. The van der Waals surface area contributed by atoms with Crippen molar-refractivity contribution in [3.8, 4) is 11.5 Å². The lowest BCUT2D eigenvalue weighted by Crippen LogP contribution is -2.20. The van der Waals surface area contributed by atoms with E-state index < -0.39 is 0 Å². The van der Waals surface area contributed by atoms with E-state index >= 15 is 0 Å². The van der Waals surface area contributed by atoms with Crippen molar-refractivity contribution in [2.75, 3.05) is 6.54 Å². The molecule has 1 atom stereocenters. The number of nitrogens with one attached hydrogen (secondary N) is 1. The van der Waals surface area contributed by atoms with E-state index in [4.69, 9.17) is 4.52 Å². The summed E-state index contributed by atoms with van der Waals surface area (Å²) in [4.78, 5) is 12.6. The van der Waals surface area contributed by atoms with Crippen molar-refractivity contribution in [3.63, 3.8) is 0 Å². The second-order valence-corrected chi connectivity index (χ2v) is 4.40. The van der Waals surface area contributed by atoms with E-state index in [0.29, 0.717) is 17.4 Å². The highest BCUT2D eigenvalue weighted by molar-refractivity contribution is 5.45. The van der Waals surface area contributed by atoms with E-state index in [1.165, 1.54) is 19.3 Å². The summed E-state index contributed by atoms with van der Waals surface area (Å²) in [5.74, 6) is 1.15. The molecule has 1 aliphatic heterocycles. The van der Waals surface area contributed by atoms with Crippen LogP contribution in [0.1, 0.15) is 37.6 Å². The Morgan fingerprint density at radius 3 is 3.11 bits per heavy atom. The Balaban J connectivity index is 1.80. The minimum atomic E-state index is 0.172. The molecule has 6 nitrogen and oxygen atoms in total. The molecule has 1 aliphatic rings. The molecule has 6 heteroatoms. The van der Waals surface area contributed by atoms with Crippen LogP contribution in [-0.2, 0) is 0 Å². The van der Waals surface area contributed by atoms with Crippen molar-refractivity contribution >= 4 is 0 Å². The van der Waals surface area contributed by atoms with Crippen molar-refractivity contribution in [2.24, 2.45) is 0 Å². The van der Waals surface area contributed by atoms with E-state index in [-0.39, 0.29) is 6.04 Å². The SMILES string of the molecule is c1cnc(-c2noc(C3CCCCCN3)n2)cn1. The fourth-order valence-electron chi connectivity index (χ4n) is 2.13. The molecule has 2 aromatic rings. The predicted molar refractivity (Wildman–Crippen MR) is 64.5 cm³/mol. The van der Waals surface area contributed by atoms with Crippen LogP contribution >= 0.6 is 0 Å². The normalized spacial score (nSPS) is 20.6. The zero-order valence-corrected chi connectivity index (χ0v) is 10.0. The van der Waals surface area contributed by atoms with Crippen LogP contribution in [0.4, 0.5) is 0 Å². The van der Waals surface area contributed by atoms with Gasteiger partial charge < -0.3 is 9.84 Å². The molecule has 1 N–H and O–H groups in total. The van der Waals surface area contributed by atoms with Crippen LogP contribution in [0.2, 0.25) is 0 Å². The van der Waals surface area contributed by atoms with Gasteiger partial charge >= 0.3 is 0 Å². The summed E-state index contributed by atoms with van der Waals surface area (Å²) in [6, 6.07) is 0.172. The van der Waals surface area contributed by atoms with Crippen molar-refractivity contribution in [1.29, 1.82) is 0 Å². The molecule has 0 spiro atoms. The minimum absolute atomic E-state index is 0.172. The molecule has 1 unspecified atom stereocenters. The third kappa shape index (κ3) is 2.38. The average molecular weight is 245 g/mol. The Bertz CT molecular complexity index is 490. The van der Waals surface area contributed by atoms with Gasteiger partial charge in [0.15, 0.2) is 0 Å². The molecule has 1 fully saturated rings. The van der Waals surface area contributed by atoms with Crippen molar-refractivity contribution in [1.82, 2.24) is 25.4 Å². The summed E-state index contributed by atoms with van der Waals surface area (Å²) in [5, 5.41) is 7.39. The topological polar surface area (TPSA) is 76.7 Å². The summed E-state index contributed by atoms with van der Waals surface area (Å²) in [7, 11) is 0. The van der Waals surface area contributed by atoms with Crippen LogP contribution in [0.15, 0.2) is 23.1 Å². The molecular formula is C12H15N5O. The first-order valence-corrected chi connectivity index (χ1v) is 6.27. The van der Waals surface area contributed by atoms with Crippen molar-refractivity contribution < 1.29 is 4.52 Å². The third-order valence-electron chi connectivity index (χ3n) is 3.09. The Morgan fingerprint density at radius 1 is 1.22 bits per heavy atom. The lowest BCUT2D eigenvalue weighted by molar-refractivity contribution is 0.327. The number of rotatable bonds is 2. The molecule has 0 saturated carbocycles. The third-order valence-corrected chi connectivity index (χ3v) is 3.09. The summed E-state index contributed by atoms with van der Waals surface area (Å²) in [6.45, 7) is 1.01. The molecule has 0 radical (unpaired) electrons. The van der Waals surface area contributed by atoms with Gasteiger partial charge in [-0.15, -0.1) is 0 Å². The highest BCUT2D eigenvalue weighted by Crippen LogP contribution is 2.22. The van der Waals surface area contributed by atoms with Crippen LogP contribution in [0.3, 0.4) is 0 Å². The highest BCUT2D eigenvalue weighted by Gasteiger charge is 2.20. The van der Waals surface area contributed by atoms with Gasteiger partial charge in [0.2, 0.25) is 11.7 Å². The van der Waals surface area contributed by atoms with Gasteiger partial charge in [0.05, 0.1) is 12.2 Å². The van der Waals surface area contributed by atoms with Gasteiger partial charge in [-0.25, -0.2) is 4.98 Å². The second kappa shape index (κ2) is 5.22. The fourth-order valence-corrected chi connectivity index (χ4v) is 2.13. The average Bonchev–Trinajstić information content (AvgIpc) is 2.76. The largest absolute Gasteiger partial charge is 0.337 e. The molecule has 0 amide bonds. The molecule has 2 aromatic heterocycles. The van der Waals surface area contributed by atoms with Gasteiger partial charge in [-0.3, -0.25) is 4.98 Å². The lowest BCUT2D eigenvalue weighted by atomic mass is 10.1. The summed E-state index contributed by atoms with van der Waals surface area (Å²) >= 11 is 0. The molecule has 0 aliphatic carbocycles. The predicted octanol–water partition coefficient (Wildman–Crippen LogP) is 1.73. The second-order valence-electron chi connectivity index (χ2n) is 4.40. The molecule has 94 valence electrons. The number of nitrogens with zero attached hydrogens (tertiary/aromatic N) is 4. The van der Waals surface area contributed by atoms with E-state index in [0.717, 1.165) is 13.0 Å². The zero-order chi connectivity index (χ0) is 12.2. The van der Waals surface area contributed by atoms with Crippen LogP contribution in [-0.4, -0.2) is 26.7 Å². The molecular weight excluding hydrogens is 230 g/mol. The van der Waals surface area contributed by atoms with E-state index in [1.54, 1.807) is 18.6 Å². The number of hydrogen-bond donors (Lipinski definition) is 1. The van der Waals surface area contributed by atoms with Crippen LogP contribution in [0.5, 0.6) is 0 Å². The molecule has 18 heavy (non-hydrogen) atoms. The van der Waals surface area contributed by atoms with Gasteiger partial charge in [-0.05, 0) is 19.4 Å². The number of hydrogen-bond acceptors (Lipinski definition) is 6. The molecule has 0 aromatic carbocycles. The molecule has 3 heterocycles. The van der Waals surface area contributed by atoms with Gasteiger partial charge in [-0.2, -0.15) is 4.98 Å². The zero-order valence-electron chi connectivity index (χ0n) is 10.0. The lowest BCUT2D eigenvalue weighted by Gasteiger charge is -2.09. The maximum absolute atomic E-state index is 5.32. The molecule has 1 saturated heterocycles. The van der Waals surface area contributed by atoms with Gasteiger partial charge in [0, 0.05) is 12.4 Å². The Hall–Kier alpha value is -1.82. The maximum Gasteiger partial charge on any atom is 0.244 e. The molecule has 0 bridgehead atoms. The van der Waals surface area contributed by atoms with Crippen molar-refractivity contribution in [2.45, 2.75) is 31.7 Å².